The van der Waals surface area contributed by atoms with E-state index in [0.717, 1.165) is 38.9 Å². The van der Waals surface area contributed by atoms with E-state index in [1.807, 2.05) is 6.92 Å². The van der Waals surface area contributed by atoms with E-state index >= 15 is 0 Å². The van der Waals surface area contributed by atoms with E-state index in [9.17, 15) is 4.79 Å². The summed E-state index contributed by atoms with van der Waals surface area (Å²) in [6, 6.07) is 0.0200. The quantitative estimate of drug-likeness (QED) is 0.750. The summed E-state index contributed by atoms with van der Waals surface area (Å²) in [6.07, 6.45) is 4.80. The highest BCUT2D eigenvalue weighted by atomic mass is 16.5. The second kappa shape index (κ2) is 7.22. The molecule has 4 atom stereocenters. The van der Waals surface area contributed by atoms with Gasteiger partial charge in [-0.3, -0.25) is 4.79 Å². The van der Waals surface area contributed by atoms with E-state index < -0.39 is 0 Å². The van der Waals surface area contributed by atoms with Gasteiger partial charge in [-0.1, -0.05) is 0 Å². The number of carbonyl (C=O) groups is 1. The fourth-order valence-electron chi connectivity index (χ4n) is 2.75. The maximum absolute atomic E-state index is 12.0. The number of hydrogen-bond acceptors (Lipinski definition) is 4. The molecule has 0 unspecified atom stereocenters. The molecule has 5 heteroatoms. The Balaban J connectivity index is 1.66. The number of carbonyl (C=O) groups excluding carboxylic acids is 1. The van der Waals surface area contributed by atoms with Crippen molar-refractivity contribution in [2.75, 3.05) is 19.8 Å². The first-order valence-corrected chi connectivity index (χ1v) is 7.44. The third-order valence-corrected chi connectivity index (χ3v) is 3.96. The molecule has 5 nitrogen and oxygen atoms in total. The first kappa shape index (κ1) is 14.8. The van der Waals surface area contributed by atoms with E-state index in [-0.39, 0.29) is 30.2 Å². The molecular weight excluding hydrogens is 244 g/mol. The van der Waals surface area contributed by atoms with Crippen LogP contribution in [0.1, 0.15) is 39.5 Å². The molecule has 1 amide bonds. The van der Waals surface area contributed by atoms with E-state index in [0.29, 0.717) is 6.54 Å². The molecule has 0 aromatic rings. The predicted octanol–water partition coefficient (Wildman–Crippen LogP) is 0.827. The minimum absolute atomic E-state index is 0.0420. The van der Waals surface area contributed by atoms with Crippen molar-refractivity contribution in [3.8, 4) is 0 Å². The lowest BCUT2D eigenvalue weighted by molar-refractivity contribution is -0.123. The summed E-state index contributed by atoms with van der Waals surface area (Å²) in [5, 5.41) is 6.27. The van der Waals surface area contributed by atoms with Crippen LogP contribution in [0.15, 0.2) is 0 Å². The van der Waals surface area contributed by atoms with Crippen molar-refractivity contribution in [3.05, 3.63) is 0 Å². The third kappa shape index (κ3) is 4.44. The van der Waals surface area contributed by atoms with Gasteiger partial charge in [-0.25, -0.2) is 0 Å². The zero-order valence-corrected chi connectivity index (χ0v) is 12.0. The van der Waals surface area contributed by atoms with Crippen LogP contribution in [-0.2, 0) is 14.3 Å². The lowest BCUT2D eigenvalue weighted by atomic mass is 10.1. The van der Waals surface area contributed by atoms with Gasteiger partial charge in [-0.15, -0.1) is 0 Å². The molecule has 0 aliphatic carbocycles. The highest BCUT2D eigenvalue weighted by Crippen LogP contribution is 2.15. The van der Waals surface area contributed by atoms with Gasteiger partial charge in [0.1, 0.15) is 0 Å². The zero-order valence-electron chi connectivity index (χ0n) is 12.0. The van der Waals surface area contributed by atoms with Crippen LogP contribution < -0.4 is 10.6 Å². The Morgan fingerprint density at radius 2 is 1.95 bits per heavy atom. The maximum Gasteiger partial charge on any atom is 0.236 e. The summed E-state index contributed by atoms with van der Waals surface area (Å²) in [5.74, 6) is 0.0420. The summed E-state index contributed by atoms with van der Waals surface area (Å²) < 4.78 is 11.1. The minimum atomic E-state index is -0.194. The van der Waals surface area contributed by atoms with Gasteiger partial charge >= 0.3 is 0 Å². The molecule has 2 N–H and O–H groups in total. The summed E-state index contributed by atoms with van der Waals surface area (Å²) in [6.45, 7) is 6.27. The van der Waals surface area contributed by atoms with Crippen LogP contribution in [0.4, 0.5) is 0 Å². The molecule has 2 saturated heterocycles. The van der Waals surface area contributed by atoms with Crippen LogP contribution in [0.2, 0.25) is 0 Å². The highest BCUT2D eigenvalue weighted by molar-refractivity contribution is 5.81. The molecule has 2 rings (SSSR count). The van der Waals surface area contributed by atoms with Gasteiger partial charge in [-0.2, -0.15) is 0 Å². The lowest BCUT2D eigenvalue weighted by Gasteiger charge is -2.24. The number of amides is 1. The summed E-state index contributed by atoms with van der Waals surface area (Å²) in [4.78, 5) is 12.0. The van der Waals surface area contributed by atoms with Gasteiger partial charge in [0.2, 0.25) is 5.91 Å². The first-order chi connectivity index (χ1) is 9.16. The summed E-state index contributed by atoms with van der Waals surface area (Å²) >= 11 is 0. The number of nitrogens with one attached hydrogen (secondary N) is 2. The molecule has 2 fully saturated rings. The molecule has 0 bridgehead atoms. The maximum atomic E-state index is 12.0. The molecule has 2 aliphatic heterocycles. The van der Waals surface area contributed by atoms with Gasteiger partial charge < -0.3 is 20.1 Å². The van der Waals surface area contributed by atoms with Gasteiger partial charge in [0.25, 0.3) is 0 Å². The Bertz CT molecular complexity index is 286. The average molecular weight is 270 g/mol. The van der Waals surface area contributed by atoms with Gasteiger partial charge in [-0.05, 0) is 39.5 Å². The molecule has 2 heterocycles. The van der Waals surface area contributed by atoms with Gasteiger partial charge in [0.05, 0.1) is 18.2 Å². The third-order valence-electron chi connectivity index (χ3n) is 3.96. The molecule has 0 spiro atoms. The molecule has 0 aromatic carbocycles. The first-order valence-electron chi connectivity index (χ1n) is 7.44. The van der Waals surface area contributed by atoms with E-state index in [4.69, 9.17) is 9.47 Å². The van der Waals surface area contributed by atoms with E-state index in [1.54, 1.807) is 0 Å². The smallest absolute Gasteiger partial charge is 0.236 e. The van der Waals surface area contributed by atoms with Crippen molar-refractivity contribution >= 4 is 5.91 Å². The Morgan fingerprint density at radius 3 is 2.58 bits per heavy atom. The van der Waals surface area contributed by atoms with Crippen LogP contribution in [-0.4, -0.2) is 50.0 Å². The van der Waals surface area contributed by atoms with Crippen molar-refractivity contribution in [3.63, 3.8) is 0 Å². The predicted molar refractivity (Wildman–Crippen MR) is 73.0 cm³/mol. The van der Waals surface area contributed by atoms with Crippen LogP contribution >= 0.6 is 0 Å². The van der Waals surface area contributed by atoms with Crippen LogP contribution in [0.5, 0.6) is 0 Å². The fraction of sp³-hybridized carbons (Fsp3) is 0.929. The number of rotatable bonds is 6. The van der Waals surface area contributed by atoms with Gasteiger partial charge in [0, 0.05) is 25.8 Å². The Labute approximate surface area is 115 Å². The zero-order chi connectivity index (χ0) is 13.7. The minimum Gasteiger partial charge on any atom is -0.377 e. The Morgan fingerprint density at radius 1 is 1.21 bits per heavy atom. The van der Waals surface area contributed by atoms with Crippen molar-refractivity contribution in [2.45, 2.75) is 63.8 Å². The topological polar surface area (TPSA) is 59.6 Å². The monoisotopic (exact) mass is 270 g/mol. The molecule has 19 heavy (non-hydrogen) atoms. The second-order valence-electron chi connectivity index (χ2n) is 5.61. The molecule has 2 aliphatic rings. The van der Waals surface area contributed by atoms with E-state index in [1.165, 1.54) is 0 Å². The Kier molecular flexibility index (Phi) is 5.60. The number of ether oxygens (including phenoxy) is 2. The second-order valence-corrected chi connectivity index (χ2v) is 5.61. The molecule has 0 aromatic heterocycles. The molecule has 0 radical (unpaired) electrons. The lowest BCUT2D eigenvalue weighted by Crippen LogP contribution is -2.50. The molecular formula is C14H26N2O3. The van der Waals surface area contributed by atoms with Crippen molar-refractivity contribution in [1.29, 1.82) is 0 Å². The SMILES string of the molecule is C[C@H](N[C@H](C)[C@@H]1CCCO1)C(=O)NC[C@@H]1CCCO1. The van der Waals surface area contributed by atoms with Crippen LogP contribution in [0.25, 0.3) is 0 Å². The normalized spacial score (nSPS) is 30.2. The standard InChI is InChI=1S/C14H26N2O3/c1-10(13-6-4-8-19-13)16-11(2)14(17)15-9-12-5-3-7-18-12/h10-13,16H,3-9H2,1-2H3,(H,15,17)/t10-,11+,12+,13+/m1/s1. The fourth-order valence-corrected chi connectivity index (χ4v) is 2.75. The molecule has 110 valence electrons. The van der Waals surface area contributed by atoms with Crippen molar-refractivity contribution in [2.24, 2.45) is 0 Å². The average Bonchev–Trinajstić information content (AvgIpc) is 3.08. The number of hydrogen-bond donors (Lipinski definition) is 2. The van der Waals surface area contributed by atoms with Crippen molar-refractivity contribution in [1.82, 2.24) is 10.6 Å². The van der Waals surface area contributed by atoms with E-state index in [2.05, 4.69) is 17.6 Å². The van der Waals surface area contributed by atoms with Crippen LogP contribution in [0, 0.1) is 0 Å². The highest BCUT2D eigenvalue weighted by Gasteiger charge is 2.25. The largest absolute Gasteiger partial charge is 0.377 e. The van der Waals surface area contributed by atoms with Crippen molar-refractivity contribution < 1.29 is 14.3 Å². The van der Waals surface area contributed by atoms with Gasteiger partial charge in [0.15, 0.2) is 0 Å². The summed E-state index contributed by atoms with van der Waals surface area (Å²) in [5.41, 5.74) is 0. The van der Waals surface area contributed by atoms with Crippen LogP contribution in [0.3, 0.4) is 0 Å². The summed E-state index contributed by atoms with van der Waals surface area (Å²) in [7, 11) is 0. The molecule has 0 saturated carbocycles. The Hall–Kier alpha value is -0.650.